The molecule has 1 aliphatic heterocycles. The fourth-order valence-electron chi connectivity index (χ4n) is 2.29. The minimum Gasteiger partial charge on any atom is -0.497 e. The Labute approximate surface area is 124 Å². The molecule has 8 heteroatoms. The zero-order valence-electron chi connectivity index (χ0n) is 11.8. The summed E-state index contributed by atoms with van der Waals surface area (Å²) < 4.78 is 27.9. The highest BCUT2D eigenvalue weighted by Gasteiger charge is 2.30. The Hall–Kier alpha value is -1.80. The van der Waals surface area contributed by atoms with Crippen LogP contribution in [0.1, 0.15) is 12.8 Å². The van der Waals surface area contributed by atoms with E-state index in [1.807, 2.05) is 0 Å². The van der Waals surface area contributed by atoms with Gasteiger partial charge in [-0.1, -0.05) is 6.07 Å². The number of rotatable bonds is 3. The van der Waals surface area contributed by atoms with Crippen molar-refractivity contribution >= 4 is 21.7 Å². The molecule has 3 N–H and O–H groups in total. The molecule has 21 heavy (non-hydrogen) atoms. The van der Waals surface area contributed by atoms with E-state index >= 15 is 0 Å². The third kappa shape index (κ3) is 4.08. The van der Waals surface area contributed by atoms with Crippen LogP contribution in [0.4, 0.5) is 10.5 Å². The van der Waals surface area contributed by atoms with E-state index in [1.54, 1.807) is 31.4 Å². The second-order valence-corrected chi connectivity index (χ2v) is 6.81. The summed E-state index contributed by atoms with van der Waals surface area (Å²) in [7, 11) is -2.07. The molecule has 0 bridgehead atoms. The van der Waals surface area contributed by atoms with Gasteiger partial charge in [-0.15, -0.1) is 0 Å². The van der Waals surface area contributed by atoms with Crippen molar-refractivity contribution in [1.82, 2.24) is 4.90 Å². The summed E-state index contributed by atoms with van der Waals surface area (Å²) in [6, 6.07) is 6.63. The Morgan fingerprint density at radius 1 is 1.48 bits per heavy atom. The third-order valence-corrected chi connectivity index (χ3v) is 4.76. The fourth-order valence-corrected chi connectivity index (χ4v) is 3.18. The van der Waals surface area contributed by atoms with Crippen LogP contribution >= 0.6 is 0 Å². The molecule has 116 valence electrons. The number of ether oxygens (including phenoxy) is 1. The number of amides is 2. The lowest BCUT2D eigenvalue weighted by molar-refractivity contribution is 0.200. The van der Waals surface area contributed by atoms with Gasteiger partial charge in [0.1, 0.15) is 5.75 Å². The summed E-state index contributed by atoms with van der Waals surface area (Å²) in [5, 5.41) is 7.20. The van der Waals surface area contributed by atoms with E-state index in [0.29, 0.717) is 30.8 Å². The molecule has 1 aromatic carbocycles. The minimum atomic E-state index is -3.62. The molecule has 0 aromatic heterocycles. The summed E-state index contributed by atoms with van der Waals surface area (Å²) in [5.74, 6) is 0.633. The van der Waals surface area contributed by atoms with E-state index in [0.717, 1.165) is 0 Å². The number of nitrogens with two attached hydrogens (primary N) is 1. The van der Waals surface area contributed by atoms with E-state index < -0.39 is 15.3 Å². The van der Waals surface area contributed by atoms with Crippen LogP contribution in [-0.4, -0.2) is 44.8 Å². The molecule has 0 saturated carbocycles. The van der Waals surface area contributed by atoms with Crippen LogP contribution in [0.15, 0.2) is 24.3 Å². The van der Waals surface area contributed by atoms with Crippen molar-refractivity contribution in [2.45, 2.75) is 18.1 Å². The second kappa shape index (κ2) is 6.31. The standard InChI is InChI=1S/C13H19N3O4S/c1-20-11-5-2-4-10(8-11)15-13(17)16-7-3-6-12(9-16)21(14,18)19/h2,4-5,8,12H,3,6-7,9H2,1H3,(H,15,17)(H2,14,18,19). The highest BCUT2D eigenvalue weighted by Crippen LogP contribution is 2.19. The maximum Gasteiger partial charge on any atom is 0.321 e. The number of urea groups is 1. The van der Waals surface area contributed by atoms with Crippen molar-refractivity contribution in [2.24, 2.45) is 5.14 Å². The van der Waals surface area contributed by atoms with E-state index in [4.69, 9.17) is 9.88 Å². The van der Waals surface area contributed by atoms with Gasteiger partial charge < -0.3 is 15.0 Å². The number of carbonyl (C=O) groups excluding carboxylic acids is 1. The van der Waals surface area contributed by atoms with Crippen molar-refractivity contribution < 1.29 is 17.9 Å². The number of anilines is 1. The number of nitrogens with one attached hydrogen (secondary N) is 1. The molecular formula is C13H19N3O4S. The number of likely N-dealkylation sites (tertiary alicyclic amines) is 1. The van der Waals surface area contributed by atoms with Crippen LogP contribution in [0.3, 0.4) is 0 Å². The van der Waals surface area contributed by atoms with Gasteiger partial charge in [-0.05, 0) is 25.0 Å². The first-order valence-electron chi connectivity index (χ1n) is 6.62. The van der Waals surface area contributed by atoms with Gasteiger partial charge in [-0.3, -0.25) is 0 Å². The Bertz CT molecular complexity index is 618. The molecule has 1 heterocycles. The summed E-state index contributed by atoms with van der Waals surface area (Å²) >= 11 is 0. The lowest BCUT2D eigenvalue weighted by Crippen LogP contribution is -2.48. The SMILES string of the molecule is COc1cccc(NC(=O)N2CCCC(S(N)(=O)=O)C2)c1. The Balaban J connectivity index is 2.02. The topological polar surface area (TPSA) is 102 Å². The molecule has 0 radical (unpaired) electrons. The van der Waals surface area contributed by atoms with Crippen LogP contribution in [0, 0.1) is 0 Å². The van der Waals surface area contributed by atoms with E-state index in [1.165, 1.54) is 4.90 Å². The van der Waals surface area contributed by atoms with Gasteiger partial charge in [-0.25, -0.2) is 18.4 Å². The summed E-state index contributed by atoms with van der Waals surface area (Å²) in [5.41, 5.74) is 0.595. The molecule has 1 unspecified atom stereocenters. The van der Waals surface area contributed by atoms with E-state index in [-0.39, 0.29) is 12.6 Å². The molecule has 1 fully saturated rings. The average molecular weight is 313 g/mol. The molecule has 1 aliphatic rings. The smallest absolute Gasteiger partial charge is 0.321 e. The quantitative estimate of drug-likeness (QED) is 0.868. The zero-order valence-corrected chi connectivity index (χ0v) is 12.6. The average Bonchev–Trinajstić information content (AvgIpc) is 2.46. The molecule has 2 rings (SSSR count). The van der Waals surface area contributed by atoms with Gasteiger partial charge >= 0.3 is 6.03 Å². The molecular weight excluding hydrogens is 294 g/mol. The number of methoxy groups -OCH3 is 1. The van der Waals surface area contributed by atoms with Crippen molar-refractivity contribution in [3.8, 4) is 5.75 Å². The number of hydrogen-bond donors (Lipinski definition) is 2. The number of sulfonamides is 1. The number of benzene rings is 1. The fraction of sp³-hybridized carbons (Fsp3) is 0.462. The normalized spacial score (nSPS) is 19.1. The predicted molar refractivity (Wildman–Crippen MR) is 79.7 cm³/mol. The molecule has 1 aromatic rings. The summed E-state index contributed by atoms with van der Waals surface area (Å²) in [6.07, 6.45) is 1.11. The summed E-state index contributed by atoms with van der Waals surface area (Å²) in [6.45, 7) is 0.635. The van der Waals surface area contributed by atoms with Crippen LogP contribution in [0.2, 0.25) is 0 Å². The molecule has 7 nitrogen and oxygen atoms in total. The largest absolute Gasteiger partial charge is 0.497 e. The van der Waals surface area contributed by atoms with Crippen LogP contribution < -0.4 is 15.2 Å². The molecule has 1 atom stereocenters. The second-order valence-electron chi connectivity index (χ2n) is 4.96. The zero-order chi connectivity index (χ0) is 15.5. The van der Waals surface area contributed by atoms with Crippen molar-refractivity contribution in [1.29, 1.82) is 0 Å². The lowest BCUT2D eigenvalue weighted by atomic mass is 10.1. The highest BCUT2D eigenvalue weighted by atomic mass is 32.2. The summed E-state index contributed by atoms with van der Waals surface area (Å²) in [4.78, 5) is 13.6. The maximum absolute atomic E-state index is 12.2. The van der Waals surface area contributed by atoms with Crippen molar-refractivity contribution in [2.75, 3.05) is 25.5 Å². The molecule has 0 spiro atoms. The number of piperidine rings is 1. The lowest BCUT2D eigenvalue weighted by Gasteiger charge is -2.31. The third-order valence-electron chi connectivity index (χ3n) is 3.45. The van der Waals surface area contributed by atoms with Gasteiger partial charge in [-0.2, -0.15) is 0 Å². The van der Waals surface area contributed by atoms with Crippen LogP contribution in [-0.2, 0) is 10.0 Å². The minimum absolute atomic E-state index is 0.120. The van der Waals surface area contributed by atoms with Crippen LogP contribution in [0.5, 0.6) is 5.75 Å². The van der Waals surface area contributed by atoms with Gasteiger partial charge in [0.05, 0.1) is 12.4 Å². The van der Waals surface area contributed by atoms with Crippen molar-refractivity contribution in [3.05, 3.63) is 24.3 Å². The van der Waals surface area contributed by atoms with Crippen molar-refractivity contribution in [3.63, 3.8) is 0 Å². The number of hydrogen-bond acceptors (Lipinski definition) is 4. The monoisotopic (exact) mass is 313 g/mol. The number of carbonyl (C=O) groups is 1. The first kappa shape index (κ1) is 15.6. The maximum atomic E-state index is 12.2. The Kier molecular flexibility index (Phi) is 4.69. The van der Waals surface area contributed by atoms with Crippen LogP contribution in [0.25, 0.3) is 0 Å². The van der Waals surface area contributed by atoms with E-state index in [2.05, 4.69) is 5.32 Å². The Morgan fingerprint density at radius 3 is 2.90 bits per heavy atom. The number of nitrogens with zero attached hydrogens (tertiary/aromatic N) is 1. The molecule has 2 amide bonds. The molecule has 0 aliphatic carbocycles. The first-order valence-corrected chi connectivity index (χ1v) is 8.22. The first-order chi connectivity index (χ1) is 9.90. The van der Waals surface area contributed by atoms with Gasteiger partial charge in [0.25, 0.3) is 0 Å². The van der Waals surface area contributed by atoms with Gasteiger partial charge in [0.15, 0.2) is 0 Å². The highest BCUT2D eigenvalue weighted by molar-refractivity contribution is 7.89. The van der Waals surface area contributed by atoms with E-state index in [9.17, 15) is 13.2 Å². The van der Waals surface area contributed by atoms with Gasteiger partial charge in [0.2, 0.25) is 10.0 Å². The molecule has 1 saturated heterocycles. The Morgan fingerprint density at radius 2 is 2.24 bits per heavy atom. The number of primary sulfonamides is 1. The van der Waals surface area contributed by atoms with Gasteiger partial charge in [0, 0.05) is 24.8 Å². The predicted octanol–water partition coefficient (Wildman–Crippen LogP) is 0.980.